The lowest BCUT2D eigenvalue weighted by Gasteiger charge is -2.45. The zero-order valence-corrected chi connectivity index (χ0v) is 11.9. The minimum absolute atomic E-state index is 0.0162. The van der Waals surface area contributed by atoms with E-state index in [4.69, 9.17) is 10.2 Å². The number of carbonyl (C=O) groups is 2. The second-order valence-electron chi connectivity index (χ2n) is 5.63. The van der Waals surface area contributed by atoms with E-state index >= 15 is 0 Å². The van der Waals surface area contributed by atoms with Crippen LogP contribution in [0.3, 0.4) is 0 Å². The van der Waals surface area contributed by atoms with Crippen molar-refractivity contribution in [2.45, 2.75) is 6.92 Å². The number of carbonyl (C=O) groups excluding carboxylic acids is 1. The van der Waals surface area contributed by atoms with Crippen LogP contribution in [0.2, 0.25) is 0 Å². The van der Waals surface area contributed by atoms with Gasteiger partial charge in [-0.25, -0.2) is 4.79 Å². The van der Waals surface area contributed by atoms with Crippen molar-refractivity contribution in [3.63, 3.8) is 0 Å². The van der Waals surface area contributed by atoms with Crippen LogP contribution in [0, 0.1) is 11.8 Å². The van der Waals surface area contributed by atoms with Crippen molar-refractivity contribution in [2.24, 2.45) is 11.8 Å². The van der Waals surface area contributed by atoms with Crippen molar-refractivity contribution >= 4 is 12.0 Å². The molecule has 114 valence electrons. The molecular weight excluding hydrogens is 262 g/mol. The molecule has 0 bridgehead atoms. The minimum atomic E-state index is -0.792. The number of carboxylic acids is 1. The fraction of sp³-hybridized carbons (Fsp3) is 0.846. The largest absolute Gasteiger partial charge is 0.481 e. The maximum Gasteiger partial charge on any atom is 0.320 e. The molecule has 20 heavy (non-hydrogen) atoms. The van der Waals surface area contributed by atoms with Crippen LogP contribution in [0.5, 0.6) is 0 Å². The molecule has 2 fully saturated rings. The molecule has 0 aromatic rings. The molecular formula is C13H23N3O4. The molecule has 2 N–H and O–H groups in total. The number of piperazine rings is 1. The molecule has 0 aromatic heterocycles. The fourth-order valence-electron chi connectivity index (χ4n) is 2.69. The lowest BCUT2D eigenvalue weighted by molar-refractivity contribution is -0.144. The summed E-state index contributed by atoms with van der Waals surface area (Å²) in [6, 6.07) is 0.0162. The molecule has 2 heterocycles. The number of amides is 2. The molecule has 0 aromatic carbocycles. The number of aliphatic hydroxyl groups is 1. The van der Waals surface area contributed by atoms with Crippen LogP contribution in [0.25, 0.3) is 0 Å². The Bertz CT molecular complexity index is 363. The number of urea groups is 1. The number of hydrogen-bond donors (Lipinski definition) is 2. The summed E-state index contributed by atoms with van der Waals surface area (Å²) in [6.45, 7) is 6.51. The maximum atomic E-state index is 12.2. The van der Waals surface area contributed by atoms with Gasteiger partial charge in [0.25, 0.3) is 0 Å². The van der Waals surface area contributed by atoms with Gasteiger partial charge >= 0.3 is 12.0 Å². The summed E-state index contributed by atoms with van der Waals surface area (Å²) < 4.78 is 0. The van der Waals surface area contributed by atoms with E-state index in [1.54, 1.807) is 11.8 Å². The molecule has 2 amide bonds. The first-order valence-corrected chi connectivity index (χ1v) is 7.12. The Morgan fingerprint density at radius 1 is 1.15 bits per heavy atom. The first-order valence-electron chi connectivity index (χ1n) is 7.12. The normalized spacial score (nSPS) is 22.5. The van der Waals surface area contributed by atoms with Crippen molar-refractivity contribution in [3.8, 4) is 0 Å². The number of hydrogen-bond acceptors (Lipinski definition) is 4. The van der Waals surface area contributed by atoms with Gasteiger partial charge in [0, 0.05) is 51.7 Å². The quantitative estimate of drug-likeness (QED) is 0.718. The molecule has 2 rings (SSSR count). The van der Waals surface area contributed by atoms with Gasteiger partial charge in [-0.1, -0.05) is 6.92 Å². The highest BCUT2D eigenvalue weighted by molar-refractivity contribution is 5.76. The van der Waals surface area contributed by atoms with Gasteiger partial charge in [0.05, 0.1) is 12.5 Å². The monoisotopic (exact) mass is 285 g/mol. The second-order valence-corrected chi connectivity index (χ2v) is 5.63. The van der Waals surface area contributed by atoms with E-state index in [1.807, 2.05) is 4.90 Å². The zero-order chi connectivity index (χ0) is 14.7. The Morgan fingerprint density at radius 3 is 2.25 bits per heavy atom. The maximum absolute atomic E-state index is 12.2. The standard InChI is InChI=1S/C13H23N3O4/c1-10(12(18)19)11-8-16(9-11)13(20)15-4-2-14(3-5-15)6-7-17/h10-11,17H,2-9H2,1H3,(H,18,19). The highest BCUT2D eigenvalue weighted by atomic mass is 16.4. The van der Waals surface area contributed by atoms with Crippen LogP contribution < -0.4 is 0 Å². The zero-order valence-electron chi connectivity index (χ0n) is 11.9. The van der Waals surface area contributed by atoms with Crippen LogP contribution in [-0.2, 0) is 4.79 Å². The lowest BCUT2D eigenvalue weighted by Crippen LogP contribution is -2.60. The van der Waals surface area contributed by atoms with Crippen LogP contribution in [0.1, 0.15) is 6.92 Å². The van der Waals surface area contributed by atoms with Gasteiger partial charge in [-0.3, -0.25) is 9.69 Å². The molecule has 1 unspecified atom stereocenters. The highest BCUT2D eigenvalue weighted by Gasteiger charge is 2.39. The van der Waals surface area contributed by atoms with Crippen molar-refractivity contribution in [2.75, 3.05) is 52.4 Å². The summed E-state index contributed by atoms with van der Waals surface area (Å²) in [5.74, 6) is -1.10. The molecule has 2 saturated heterocycles. The summed E-state index contributed by atoms with van der Waals surface area (Å²) in [4.78, 5) is 28.8. The van der Waals surface area contributed by atoms with Gasteiger partial charge in [-0.05, 0) is 0 Å². The van der Waals surface area contributed by atoms with Crippen LogP contribution in [0.4, 0.5) is 4.79 Å². The van der Waals surface area contributed by atoms with E-state index in [-0.39, 0.29) is 24.5 Å². The van der Waals surface area contributed by atoms with Crippen LogP contribution in [-0.4, -0.2) is 89.3 Å². The van der Waals surface area contributed by atoms with E-state index in [0.717, 1.165) is 13.1 Å². The Morgan fingerprint density at radius 2 is 1.75 bits per heavy atom. The number of aliphatic carboxylic acids is 1. The summed E-state index contributed by atoms with van der Waals surface area (Å²) >= 11 is 0. The number of carboxylic acid groups (broad SMARTS) is 1. The summed E-state index contributed by atoms with van der Waals surface area (Å²) in [5, 5.41) is 17.8. The Kier molecular flexibility index (Phi) is 4.82. The number of likely N-dealkylation sites (tertiary alicyclic amines) is 1. The summed E-state index contributed by atoms with van der Waals surface area (Å²) in [7, 11) is 0. The third kappa shape index (κ3) is 3.21. The first kappa shape index (κ1) is 15.1. The van der Waals surface area contributed by atoms with Crippen LogP contribution in [0.15, 0.2) is 0 Å². The van der Waals surface area contributed by atoms with Crippen molar-refractivity contribution in [1.29, 1.82) is 0 Å². The Labute approximate surface area is 118 Å². The van der Waals surface area contributed by atoms with Gasteiger partial charge in [0.1, 0.15) is 0 Å². The van der Waals surface area contributed by atoms with Crippen molar-refractivity contribution in [1.82, 2.24) is 14.7 Å². The predicted octanol–water partition coefficient (Wildman–Crippen LogP) is -0.631. The smallest absolute Gasteiger partial charge is 0.320 e. The van der Waals surface area contributed by atoms with Crippen molar-refractivity contribution < 1.29 is 19.8 Å². The molecule has 0 saturated carbocycles. The van der Waals surface area contributed by atoms with E-state index in [9.17, 15) is 9.59 Å². The average molecular weight is 285 g/mol. The topological polar surface area (TPSA) is 84.3 Å². The fourth-order valence-corrected chi connectivity index (χ4v) is 2.69. The SMILES string of the molecule is CC(C(=O)O)C1CN(C(=O)N2CCN(CCO)CC2)C1. The molecule has 7 heteroatoms. The average Bonchev–Trinajstić information content (AvgIpc) is 2.37. The molecule has 7 nitrogen and oxygen atoms in total. The third-order valence-corrected chi connectivity index (χ3v) is 4.34. The second kappa shape index (κ2) is 6.41. The van der Waals surface area contributed by atoms with Gasteiger partial charge in [0.15, 0.2) is 0 Å². The van der Waals surface area contributed by atoms with Gasteiger partial charge in [-0.2, -0.15) is 0 Å². The number of nitrogens with zero attached hydrogens (tertiary/aromatic N) is 3. The summed E-state index contributed by atoms with van der Waals surface area (Å²) in [6.07, 6.45) is 0. The van der Waals surface area contributed by atoms with Crippen LogP contribution >= 0.6 is 0 Å². The minimum Gasteiger partial charge on any atom is -0.481 e. The molecule has 0 aliphatic carbocycles. The number of aliphatic hydroxyl groups excluding tert-OH is 1. The van der Waals surface area contributed by atoms with E-state index in [2.05, 4.69) is 4.90 Å². The molecule has 1 atom stereocenters. The lowest BCUT2D eigenvalue weighted by atomic mass is 9.87. The number of rotatable bonds is 4. The molecule has 0 spiro atoms. The Balaban J connectivity index is 1.73. The van der Waals surface area contributed by atoms with E-state index in [0.29, 0.717) is 32.7 Å². The van der Waals surface area contributed by atoms with E-state index in [1.165, 1.54) is 0 Å². The third-order valence-electron chi connectivity index (χ3n) is 4.34. The van der Waals surface area contributed by atoms with Crippen molar-refractivity contribution in [3.05, 3.63) is 0 Å². The first-order chi connectivity index (χ1) is 9.52. The summed E-state index contributed by atoms with van der Waals surface area (Å²) in [5.41, 5.74) is 0. The van der Waals surface area contributed by atoms with Gasteiger partial charge < -0.3 is 20.0 Å². The highest BCUT2D eigenvalue weighted by Crippen LogP contribution is 2.25. The molecule has 2 aliphatic heterocycles. The van der Waals surface area contributed by atoms with Gasteiger partial charge in [0.2, 0.25) is 0 Å². The molecule has 2 aliphatic rings. The van der Waals surface area contributed by atoms with Gasteiger partial charge in [-0.15, -0.1) is 0 Å². The van der Waals surface area contributed by atoms with E-state index < -0.39 is 5.97 Å². The predicted molar refractivity (Wildman–Crippen MR) is 72.4 cm³/mol. The molecule has 0 radical (unpaired) electrons. The number of β-amino-alcohol motifs (C(OH)–C–C–N with tert-alkyl or cyclic N) is 1. The Hall–Kier alpha value is -1.34.